The molecule has 2 heterocycles. The third kappa shape index (κ3) is 2.21. The molecule has 4 unspecified atom stereocenters. The monoisotopic (exact) mass is 330 g/mol. The number of alkyl halides is 1. The fraction of sp³-hybridized carbons (Fsp3) is 0.867. The second-order valence-corrected chi connectivity index (χ2v) is 8.22. The summed E-state index contributed by atoms with van der Waals surface area (Å²) < 4.78 is 0. The lowest BCUT2D eigenvalue weighted by atomic mass is 9.63. The number of rotatable bonds is 2. The summed E-state index contributed by atoms with van der Waals surface area (Å²) in [5.41, 5.74) is -0.553. The summed E-state index contributed by atoms with van der Waals surface area (Å²) in [7, 11) is 0. The summed E-state index contributed by atoms with van der Waals surface area (Å²) in [5, 5.41) is 9.42. The number of aliphatic hydroxyl groups is 1. The average molecular weight is 331 g/mol. The minimum absolute atomic E-state index is 0.000780. The smallest absolute Gasteiger partial charge is 0.145 e. The highest BCUT2D eigenvalue weighted by Gasteiger charge is 2.53. The van der Waals surface area contributed by atoms with E-state index in [0.717, 1.165) is 19.3 Å². The topological polar surface area (TPSA) is 38.7 Å². The highest BCUT2D eigenvalue weighted by molar-refractivity contribution is 9.09. The highest BCUT2D eigenvalue weighted by Crippen LogP contribution is 2.53. The van der Waals surface area contributed by atoms with Gasteiger partial charge in [-0.3, -0.25) is 0 Å². The van der Waals surface area contributed by atoms with Gasteiger partial charge in [0.05, 0.1) is 6.61 Å². The number of hydrogen-bond acceptors (Lipinski definition) is 3. The van der Waals surface area contributed by atoms with Gasteiger partial charge in [-0.25, -0.2) is 9.78 Å². The minimum Gasteiger partial charge on any atom is -0.393 e. The third-order valence-electron chi connectivity index (χ3n) is 5.32. The number of aliphatic hydroxyl groups excluding tert-OH is 1. The zero-order chi connectivity index (χ0) is 13.7. The number of halogens is 1. The van der Waals surface area contributed by atoms with Crippen LogP contribution in [-0.4, -0.2) is 27.7 Å². The molecule has 0 aromatic rings. The van der Waals surface area contributed by atoms with Gasteiger partial charge in [0.1, 0.15) is 11.2 Å². The van der Waals surface area contributed by atoms with Crippen molar-refractivity contribution in [1.82, 2.24) is 0 Å². The molecule has 0 aromatic heterocycles. The molecule has 0 spiro atoms. The van der Waals surface area contributed by atoms with Crippen molar-refractivity contribution in [2.24, 2.45) is 11.3 Å². The molecule has 108 valence electrons. The fourth-order valence-electron chi connectivity index (χ4n) is 3.75. The molecule has 3 nitrogen and oxygen atoms in total. The number of fused-ring (bicyclic) bond motifs is 2. The highest BCUT2D eigenvalue weighted by atomic mass is 79.9. The van der Waals surface area contributed by atoms with Gasteiger partial charge in [0.25, 0.3) is 0 Å². The molecule has 0 radical (unpaired) electrons. The first kappa shape index (κ1) is 14.1. The third-order valence-corrected chi connectivity index (χ3v) is 7.02. The molecule has 1 saturated carbocycles. The minimum atomic E-state index is -0.579. The first-order valence-electron chi connectivity index (χ1n) is 7.24. The van der Waals surface area contributed by atoms with Gasteiger partial charge in [0.15, 0.2) is 0 Å². The van der Waals surface area contributed by atoms with E-state index in [1.807, 2.05) is 6.08 Å². The Labute approximate surface area is 123 Å². The Hall–Kier alpha value is 0.100. The lowest BCUT2D eigenvalue weighted by Gasteiger charge is -2.53. The summed E-state index contributed by atoms with van der Waals surface area (Å²) in [5.74, 6) is 0.504. The van der Waals surface area contributed by atoms with Crippen molar-refractivity contribution in [2.75, 3.05) is 6.61 Å². The molecule has 0 amide bonds. The van der Waals surface area contributed by atoms with Crippen molar-refractivity contribution >= 4 is 15.9 Å². The Balaban J connectivity index is 1.81. The lowest BCUT2D eigenvalue weighted by Crippen LogP contribution is -2.56. The molecule has 1 saturated heterocycles. The van der Waals surface area contributed by atoms with E-state index in [-0.39, 0.29) is 17.6 Å². The van der Waals surface area contributed by atoms with Crippen LogP contribution in [0.2, 0.25) is 0 Å². The molecule has 4 aliphatic rings. The van der Waals surface area contributed by atoms with E-state index in [1.165, 1.54) is 12.8 Å². The van der Waals surface area contributed by atoms with Crippen molar-refractivity contribution < 1.29 is 14.9 Å². The molecule has 2 fully saturated rings. The van der Waals surface area contributed by atoms with E-state index in [9.17, 15) is 5.11 Å². The van der Waals surface area contributed by atoms with Crippen LogP contribution in [0.5, 0.6) is 0 Å². The average Bonchev–Trinajstić information content (AvgIpc) is 2.44. The van der Waals surface area contributed by atoms with Gasteiger partial charge in [0, 0.05) is 4.83 Å². The van der Waals surface area contributed by atoms with Crippen molar-refractivity contribution in [3.63, 3.8) is 0 Å². The second kappa shape index (κ2) is 4.55. The summed E-state index contributed by atoms with van der Waals surface area (Å²) in [4.78, 5) is 11.9. The van der Waals surface area contributed by atoms with E-state index in [4.69, 9.17) is 9.78 Å². The van der Waals surface area contributed by atoms with E-state index >= 15 is 0 Å². The van der Waals surface area contributed by atoms with Gasteiger partial charge in [-0.2, -0.15) is 0 Å². The van der Waals surface area contributed by atoms with Gasteiger partial charge < -0.3 is 5.11 Å². The van der Waals surface area contributed by atoms with E-state index in [1.54, 1.807) is 0 Å². The maximum atomic E-state index is 9.42. The molecule has 0 aromatic carbocycles. The van der Waals surface area contributed by atoms with Crippen LogP contribution in [0.3, 0.4) is 0 Å². The van der Waals surface area contributed by atoms with Crippen LogP contribution in [0.4, 0.5) is 0 Å². The molecule has 4 rings (SSSR count). The first-order valence-corrected chi connectivity index (χ1v) is 8.15. The molecule has 4 atom stereocenters. The van der Waals surface area contributed by atoms with Gasteiger partial charge in [-0.15, -0.1) is 0 Å². The molecule has 4 heteroatoms. The Morgan fingerprint density at radius 2 is 2.00 bits per heavy atom. The van der Waals surface area contributed by atoms with Crippen LogP contribution in [0.1, 0.15) is 46.0 Å². The Kier molecular flexibility index (Phi) is 3.37. The molecule has 19 heavy (non-hydrogen) atoms. The van der Waals surface area contributed by atoms with Crippen LogP contribution in [0, 0.1) is 11.3 Å². The van der Waals surface area contributed by atoms with Crippen LogP contribution < -0.4 is 0 Å². The maximum Gasteiger partial charge on any atom is 0.145 e. The van der Waals surface area contributed by atoms with E-state index in [0.29, 0.717) is 10.7 Å². The van der Waals surface area contributed by atoms with Gasteiger partial charge in [-0.1, -0.05) is 35.9 Å². The second-order valence-electron chi connectivity index (χ2n) is 7.11. The van der Waals surface area contributed by atoms with E-state index < -0.39 is 5.60 Å². The fourth-order valence-corrected chi connectivity index (χ4v) is 4.20. The standard InChI is InChI=1S/C15H23BrO3/c1-13(2)9-11(3-4-12(13)16)15-7-5-14(10-17,6-8-15)18-19-15/h5,7,11-12,17H,3-4,6,8-10H2,1-2H3. The van der Waals surface area contributed by atoms with E-state index in [2.05, 4.69) is 35.9 Å². The Morgan fingerprint density at radius 3 is 2.47 bits per heavy atom. The molecular formula is C15H23BrO3. The maximum absolute atomic E-state index is 9.42. The first-order chi connectivity index (χ1) is 8.91. The van der Waals surface area contributed by atoms with Crippen molar-refractivity contribution in [2.45, 2.75) is 62.0 Å². The zero-order valence-electron chi connectivity index (χ0n) is 11.7. The van der Waals surface area contributed by atoms with Gasteiger partial charge in [-0.05, 0) is 49.5 Å². The largest absolute Gasteiger partial charge is 0.393 e. The normalized spacial score (nSPS) is 48.4. The molecule has 2 aliphatic heterocycles. The molecular weight excluding hydrogens is 308 g/mol. The summed E-state index contributed by atoms with van der Waals surface area (Å²) in [6.45, 7) is 4.64. The van der Waals surface area contributed by atoms with Crippen molar-refractivity contribution in [1.29, 1.82) is 0 Å². The summed E-state index contributed by atoms with van der Waals surface area (Å²) in [6, 6.07) is 0. The predicted octanol–water partition coefficient (Wildman–Crippen LogP) is 3.36. The van der Waals surface area contributed by atoms with Crippen molar-refractivity contribution in [3.8, 4) is 0 Å². The van der Waals surface area contributed by atoms with Crippen LogP contribution in [-0.2, 0) is 9.78 Å². The molecule has 2 aliphatic carbocycles. The SMILES string of the molecule is CC1(C)CC(C23C=CC(CO)(CC2)OO3)CCC1Br. The molecule has 2 bridgehead atoms. The summed E-state index contributed by atoms with van der Waals surface area (Å²) in [6.07, 6.45) is 9.48. The predicted molar refractivity (Wildman–Crippen MR) is 76.9 cm³/mol. The zero-order valence-corrected chi connectivity index (χ0v) is 13.3. The quantitative estimate of drug-likeness (QED) is 0.479. The Bertz CT molecular complexity index is 383. The van der Waals surface area contributed by atoms with Crippen molar-refractivity contribution in [3.05, 3.63) is 12.2 Å². The van der Waals surface area contributed by atoms with Gasteiger partial charge in [0.2, 0.25) is 0 Å². The van der Waals surface area contributed by atoms with Crippen LogP contribution in [0.15, 0.2) is 12.2 Å². The van der Waals surface area contributed by atoms with Gasteiger partial charge >= 0.3 is 0 Å². The Morgan fingerprint density at radius 1 is 1.21 bits per heavy atom. The molecule has 1 N–H and O–H groups in total. The summed E-state index contributed by atoms with van der Waals surface area (Å²) >= 11 is 3.81. The van der Waals surface area contributed by atoms with Crippen LogP contribution >= 0.6 is 15.9 Å². The number of hydrogen-bond donors (Lipinski definition) is 1. The van der Waals surface area contributed by atoms with Crippen LogP contribution in [0.25, 0.3) is 0 Å². The lowest BCUT2D eigenvalue weighted by molar-refractivity contribution is -0.441.